The topological polar surface area (TPSA) is 132 Å². The quantitative estimate of drug-likeness (QED) is 0.282. The molecule has 9 nitrogen and oxygen atoms in total. The van der Waals surface area contributed by atoms with E-state index in [1.807, 2.05) is 24.3 Å². The van der Waals surface area contributed by atoms with E-state index in [0.717, 1.165) is 21.8 Å². The molecule has 6 rings (SSSR count). The van der Waals surface area contributed by atoms with E-state index in [2.05, 4.69) is 15.3 Å². The highest BCUT2D eigenvalue weighted by molar-refractivity contribution is 7.85. The van der Waals surface area contributed by atoms with Crippen molar-refractivity contribution in [2.75, 3.05) is 11.2 Å². The predicted octanol–water partition coefficient (Wildman–Crippen LogP) is 4.68. The van der Waals surface area contributed by atoms with Gasteiger partial charge in [0, 0.05) is 21.9 Å². The van der Waals surface area contributed by atoms with Crippen LogP contribution in [-0.2, 0) is 20.5 Å². The molecule has 0 spiro atoms. The lowest BCUT2D eigenvalue weighted by Gasteiger charge is -2.26. The van der Waals surface area contributed by atoms with E-state index in [1.165, 1.54) is 11.0 Å². The van der Waals surface area contributed by atoms with Crippen LogP contribution in [0, 0.1) is 5.82 Å². The molecule has 0 fully saturated rings. The number of aromatic nitrogens is 2. The molecule has 5 aromatic rings. The number of carbonyl (C=O) groups is 2. The van der Waals surface area contributed by atoms with Gasteiger partial charge in [0.1, 0.15) is 17.1 Å². The number of halogens is 1. The van der Waals surface area contributed by atoms with Crippen LogP contribution in [-0.4, -0.2) is 41.0 Å². The van der Waals surface area contributed by atoms with Gasteiger partial charge >= 0.3 is 0 Å². The van der Waals surface area contributed by atoms with Crippen LogP contribution in [0.5, 0.6) is 0 Å². The first-order chi connectivity index (χ1) is 18.5. The Morgan fingerprint density at radius 1 is 0.974 bits per heavy atom. The standard InChI is InChI=1S/C27H19FN4O2.CH4O3S/c1-27(18-9-3-6-12-23(18)32(26(27)34)24-13-7-4-10-19(24)28)31-25(33)21-14-17-16-8-2-5-11-20(16)30-22(17)15-29-21;1-5(2,3)4/h2-15,30H,1H3,(H,31,33);1H3,(H,2,3,4)/t27-;/m1./s1. The molecule has 0 saturated carbocycles. The van der Waals surface area contributed by atoms with Crippen molar-refractivity contribution in [1.29, 1.82) is 0 Å². The summed E-state index contributed by atoms with van der Waals surface area (Å²) < 4.78 is 40.5. The molecule has 1 atom stereocenters. The number of fused-ring (bicyclic) bond motifs is 4. The molecule has 198 valence electrons. The van der Waals surface area contributed by atoms with E-state index >= 15 is 0 Å². The first-order valence-electron chi connectivity index (χ1n) is 11.8. The summed E-state index contributed by atoms with van der Waals surface area (Å²) in [6, 6.07) is 22.7. The fourth-order valence-corrected chi connectivity index (χ4v) is 4.70. The first kappa shape index (κ1) is 26.0. The summed E-state index contributed by atoms with van der Waals surface area (Å²) in [5.41, 5.74) is 1.81. The van der Waals surface area contributed by atoms with Gasteiger partial charge in [-0.2, -0.15) is 8.42 Å². The second kappa shape index (κ2) is 9.61. The predicted molar refractivity (Wildman–Crippen MR) is 146 cm³/mol. The van der Waals surface area contributed by atoms with Gasteiger partial charge in [-0.15, -0.1) is 0 Å². The van der Waals surface area contributed by atoms with Gasteiger partial charge in [0.25, 0.3) is 21.9 Å². The van der Waals surface area contributed by atoms with Gasteiger partial charge in [0.15, 0.2) is 0 Å². The summed E-state index contributed by atoms with van der Waals surface area (Å²) in [5, 5.41) is 4.72. The molecule has 1 aliphatic rings. The van der Waals surface area contributed by atoms with Gasteiger partial charge in [-0.25, -0.2) is 9.37 Å². The Morgan fingerprint density at radius 3 is 2.31 bits per heavy atom. The van der Waals surface area contributed by atoms with Crippen molar-refractivity contribution in [3.8, 4) is 0 Å². The second-order valence-corrected chi connectivity index (χ2v) is 10.7. The first-order valence-corrected chi connectivity index (χ1v) is 13.6. The molecule has 11 heteroatoms. The number of pyridine rings is 1. The van der Waals surface area contributed by atoms with Gasteiger partial charge in [-0.1, -0.05) is 48.5 Å². The van der Waals surface area contributed by atoms with E-state index in [1.54, 1.807) is 61.7 Å². The van der Waals surface area contributed by atoms with Crippen LogP contribution < -0.4 is 10.2 Å². The summed E-state index contributed by atoms with van der Waals surface area (Å²) >= 11 is 0. The molecule has 3 N–H and O–H groups in total. The number of rotatable bonds is 3. The largest absolute Gasteiger partial charge is 0.353 e. The number of para-hydroxylation sites is 3. The van der Waals surface area contributed by atoms with Gasteiger partial charge in [0.2, 0.25) is 0 Å². The Kier molecular flexibility index (Phi) is 6.41. The number of hydrogen-bond donors (Lipinski definition) is 3. The molecule has 0 radical (unpaired) electrons. The number of H-pyrrole nitrogens is 1. The molecular weight excluding hydrogens is 523 g/mol. The van der Waals surface area contributed by atoms with Crippen LogP contribution in [0.2, 0.25) is 0 Å². The monoisotopic (exact) mass is 546 g/mol. The molecule has 2 amide bonds. The molecule has 39 heavy (non-hydrogen) atoms. The zero-order valence-corrected chi connectivity index (χ0v) is 21.7. The van der Waals surface area contributed by atoms with Gasteiger partial charge in [-0.3, -0.25) is 19.0 Å². The summed E-state index contributed by atoms with van der Waals surface area (Å²) in [6.45, 7) is 1.64. The minimum atomic E-state index is -3.67. The number of aromatic amines is 1. The highest BCUT2D eigenvalue weighted by Crippen LogP contribution is 2.44. The van der Waals surface area contributed by atoms with Crippen molar-refractivity contribution < 1.29 is 27.0 Å². The molecule has 0 aliphatic carbocycles. The number of anilines is 2. The third kappa shape index (κ3) is 4.85. The molecule has 3 heterocycles. The molecule has 2 aromatic heterocycles. The number of amides is 2. The van der Waals surface area contributed by atoms with Crippen molar-refractivity contribution in [2.45, 2.75) is 12.5 Å². The molecule has 3 aromatic carbocycles. The average molecular weight is 547 g/mol. The maximum atomic E-state index is 14.6. The SMILES string of the molecule is CS(=O)(=O)O.C[C@]1(NC(=O)c2cc3c(cn2)[nH]c2ccccc23)C(=O)N(c2ccccc2F)c2ccccc21. The molecule has 0 unspecified atom stereocenters. The summed E-state index contributed by atoms with van der Waals surface area (Å²) in [4.78, 5) is 35.9. The number of carbonyl (C=O) groups excluding carboxylic acids is 2. The van der Waals surface area contributed by atoms with Crippen molar-refractivity contribution >= 4 is 55.1 Å². The van der Waals surface area contributed by atoms with Gasteiger partial charge in [0.05, 0.1) is 29.3 Å². The van der Waals surface area contributed by atoms with E-state index in [9.17, 15) is 22.4 Å². The zero-order chi connectivity index (χ0) is 27.9. The van der Waals surface area contributed by atoms with Crippen molar-refractivity contribution in [3.63, 3.8) is 0 Å². The fraction of sp³-hybridized carbons (Fsp3) is 0.107. The number of nitrogens with one attached hydrogen (secondary N) is 2. The molecule has 0 saturated heterocycles. The molecule has 1 aliphatic heterocycles. The Morgan fingerprint density at radius 2 is 1.59 bits per heavy atom. The minimum absolute atomic E-state index is 0.135. The summed E-state index contributed by atoms with van der Waals surface area (Å²) in [7, 11) is -3.67. The Bertz CT molecular complexity index is 1860. The van der Waals surface area contributed by atoms with Crippen LogP contribution in [0.1, 0.15) is 23.0 Å². The van der Waals surface area contributed by atoms with Crippen LogP contribution in [0.3, 0.4) is 0 Å². The normalized spacial score (nSPS) is 16.6. The van der Waals surface area contributed by atoms with Crippen molar-refractivity contribution in [3.05, 3.63) is 102 Å². The third-order valence-electron chi connectivity index (χ3n) is 6.39. The zero-order valence-electron chi connectivity index (χ0n) is 20.8. The molecular formula is C28H23FN4O5S. The second-order valence-electron chi connectivity index (χ2n) is 9.21. The fourth-order valence-electron chi connectivity index (χ4n) is 4.70. The minimum Gasteiger partial charge on any atom is -0.353 e. The number of benzene rings is 3. The number of nitrogens with zero attached hydrogens (tertiary/aromatic N) is 2. The average Bonchev–Trinajstić information content (AvgIpc) is 3.36. The van der Waals surface area contributed by atoms with Crippen LogP contribution in [0.25, 0.3) is 21.8 Å². The van der Waals surface area contributed by atoms with Gasteiger partial charge < -0.3 is 10.3 Å². The highest BCUT2D eigenvalue weighted by atomic mass is 32.2. The summed E-state index contributed by atoms with van der Waals surface area (Å²) in [6.07, 6.45) is 2.33. The lowest BCUT2D eigenvalue weighted by Crippen LogP contribution is -2.50. The van der Waals surface area contributed by atoms with Crippen molar-refractivity contribution in [2.24, 2.45) is 0 Å². The maximum absolute atomic E-state index is 14.6. The van der Waals surface area contributed by atoms with Crippen LogP contribution in [0.4, 0.5) is 15.8 Å². The number of hydrogen-bond acceptors (Lipinski definition) is 5. The van der Waals surface area contributed by atoms with Crippen LogP contribution in [0.15, 0.2) is 85.1 Å². The Hall–Kier alpha value is -4.61. The smallest absolute Gasteiger partial charge is 0.271 e. The van der Waals surface area contributed by atoms with Crippen LogP contribution >= 0.6 is 0 Å². The highest BCUT2D eigenvalue weighted by Gasteiger charge is 2.49. The lowest BCUT2D eigenvalue weighted by atomic mass is 9.93. The van der Waals surface area contributed by atoms with E-state index in [-0.39, 0.29) is 11.4 Å². The summed E-state index contributed by atoms with van der Waals surface area (Å²) in [5.74, 6) is -1.46. The third-order valence-corrected chi connectivity index (χ3v) is 6.39. The van der Waals surface area contributed by atoms with Crippen molar-refractivity contribution in [1.82, 2.24) is 15.3 Å². The van der Waals surface area contributed by atoms with E-state index in [4.69, 9.17) is 4.55 Å². The Balaban J connectivity index is 0.000000567. The van der Waals surface area contributed by atoms with E-state index < -0.39 is 33.3 Å². The maximum Gasteiger partial charge on any atom is 0.271 e. The molecule has 0 bridgehead atoms. The Labute approximate surface area is 223 Å². The van der Waals surface area contributed by atoms with E-state index in [0.29, 0.717) is 17.5 Å². The van der Waals surface area contributed by atoms with Gasteiger partial charge in [-0.05, 0) is 37.3 Å². The lowest BCUT2D eigenvalue weighted by molar-refractivity contribution is -0.122.